The van der Waals surface area contributed by atoms with E-state index in [0.29, 0.717) is 21.9 Å². The van der Waals surface area contributed by atoms with Crippen LogP contribution in [0, 0.1) is 0 Å². The van der Waals surface area contributed by atoms with Gasteiger partial charge >= 0.3 is 0 Å². The summed E-state index contributed by atoms with van der Waals surface area (Å²) in [4.78, 5) is 6.78. The van der Waals surface area contributed by atoms with E-state index in [2.05, 4.69) is 16.0 Å². The van der Waals surface area contributed by atoms with Crippen LogP contribution in [0.2, 0.25) is 10.0 Å². The molecule has 27 heavy (non-hydrogen) atoms. The number of nitrogen functional groups attached to an aromatic ring is 1. The summed E-state index contributed by atoms with van der Waals surface area (Å²) < 4.78 is 0. The fraction of sp³-hybridized carbons (Fsp3) is 0.286. The number of pyridine rings is 1. The minimum Gasteiger partial charge on any atom is -0.383 e. The maximum Gasteiger partial charge on any atom is 0.132 e. The van der Waals surface area contributed by atoms with Crippen molar-refractivity contribution in [1.29, 1.82) is 0 Å². The Kier molecular flexibility index (Phi) is 5.24. The molecule has 0 radical (unpaired) electrons. The minimum absolute atomic E-state index is 0.323. The number of anilines is 1. The molecule has 1 fully saturated rings. The lowest BCUT2D eigenvalue weighted by atomic mass is 9.98. The van der Waals surface area contributed by atoms with Crippen molar-refractivity contribution in [2.45, 2.75) is 25.4 Å². The van der Waals surface area contributed by atoms with Gasteiger partial charge in [-0.05, 0) is 66.7 Å². The average Bonchev–Trinajstić information content (AvgIpc) is 2.65. The Bertz CT molecular complexity index is 964. The minimum atomic E-state index is 0.323. The SMILES string of the molecule is Nc1ncc(-c2ccc(Cl)cc2)c2cc(CN3CCC(N)CC3)cc(Cl)c12. The first-order chi connectivity index (χ1) is 13.0. The molecular weight excluding hydrogens is 379 g/mol. The number of aromatic nitrogens is 1. The Balaban J connectivity index is 1.77. The highest BCUT2D eigenvalue weighted by Gasteiger charge is 2.18. The number of rotatable bonds is 3. The largest absolute Gasteiger partial charge is 0.383 e. The van der Waals surface area contributed by atoms with Crippen LogP contribution in [0.1, 0.15) is 18.4 Å². The molecule has 2 heterocycles. The van der Waals surface area contributed by atoms with Gasteiger partial charge in [-0.2, -0.15) is 0 Å². The Morgan fingerprint density at radius 1 is 1.07 bits per heavy atom. The first kappa shape index (κ1) is 18.5. The van der Waals surface area contributed by atoms with Crippen LogP contribution in [-0.2, 0) is 6.54 Å². The smallest absolute Gasteiger partial charge is 0.132 e. The van der Waals surface area contributed by atoms with Gasteiger partial charge in [-0.3, -0.25) is 4.90 Å². The van der Waals surface area contributed by atoms with Crippen molar-refractivity contribution >= 4 is 39.8 Å². The molecule has 4 N–H and O–H groups in total. The summed E-state index contributed by atoms with van der Waals surface area (Å²) in [5.74, 6) is 0.447. The quantitative estimate of drug-likeness (QED) is 0.667. The molecule has 0 unspecified atom stereocenters. The van der Waals surface area contributed by atoms with E-state index in [1.165, 1.54) is 5.56 Å². The molecule has 0 amide bonds. The van der Waals surface area contributed by atoms with Crippen LogP contribution in [0.25, 0.3) is 21.9 Å². The number of piperidine rings is 1. The number of benzene rings is 2. The van der Waals surface area contributed by atoms with Crippen molar-refractivity contribution in [2.24, 2.45) is 5.73 Å². The molecule has 0 atom stereocenters. The molecule has 1 saturated heterocycles. The van der Waals surface area contributed by atoms with E-state index in [1.54, 1.807) is 6.20 Å². The number of fused-ring (bicyclic) bond motifs is 1. The molecule has 6 heteroatoms. The van der Waals surface area contributed by atoms with E-state index in [-0.39, 0.29) is 0 Å². The predicted octanol–water partition coefficient (Wildman–Crippen LogP) is 4.71. The van der Waals surface area contributed by atoms with Crippen molar-refractivity contribution in [3.05, 3.63) is 58.2 Å². The van der Waals surface area contributed by atoms with Gasteiger partial charge in [0.05, 0.1) is 5.02 Å². The lowest BCUT2D eigenvalue weighted by Crippen LogP contribution is -2.39. The lowest BCUT2D eigenvalue weighted by Gasteiger charge is -2.30. The average molecular weight is 401 g/mol. The number of nitrogens with two attached hydrogens (primary N) is 2. The summed E-state index contributed by atoms with van der Waals surface area (Å²) in [7, 11) is 0. The monoisotopic (exact) mass is 400 g/mol. The van der Waals surface area contributed by atoms with Crippen molar-refractivity contribution in [3.8, 4) is 11.1 Å². The highest BCUT2D eigenvalue weighted by Crippen LogP contribution is 2.36. The van der Waals surface area contributed by atoms with Crippen LogP contribution in [0.15, 0.2) is 42.6 Å². The van der Waals surface area contributed by atoms with E-state index in [1.807, 2.05) is 30.3 Å². The highest BCUT2D eigenvalue weighted by molar-refractivity contribution is 6.37. The molecule has 4 nitrogen and oxygen atoms in total. The Hall–Kier alpha value is -1.85. The Morgan fingerprint density at radius 2 is 1.78 bits per heavy atom. The van der Waals surface area contributed by atoms with Gasteiger partial charge in [-0.15, -0.1) is 0 Å². The number of halogens is 2. The van der Waals surface area contributed by atoms with Gasteiger partial charge in [0.25, 0.3) is 0 Å². The second kappa shape index (κ2) is 7.64. The molecule has 140 valence electrons. The van der Waals surface area contributed by atoms with Crippen molar-refractivity contribution in [3.63, 3.8) is 0 Å². The van der Waals surface area contributed by atoms with Gasteiger partial charge in [0, 0.05) is 34.8 Å². The molecule has 1 aliphatic heterocycles. The highest BCUT2D eigenvalue weighted by atomic mass is 35.5. The second-order valence-electron chi connectivity index (χ2n) is 7.18. The zero-order valence-corrected chi connectivity index (χ0v) is 16.5. The maximum absolute atomic E-state index is 6.61. The molecule has 0 saturated carbocycles. The van der Waals surface area contributed by atoms with Gasteiger partial charge < -0.3 is 11.5 Å². The van der Waals surface area contributed by atoms with Crippen LogP contribution in [0.4, 0.5) is 5.82 Å². The zero-order chi connectivity index (χ0) is 19.0. The predicted molar refractivity (Wildman–Crippen MR) is 114 cm³/mol. The van der Waals surface area contributed by atoms with E-state index in [4.69, 9.17) is 34.7 Å². The molecule has 3 aromatic rings. The van der Waals surface area contributed by atoms with Gasteiger partial charge in [-0.25, -0.2) is 4.98 Å². The summed E-state index contributed by atoms with van der Waals surface area (Å²) in [6, 6.07) is 12.2. The van der Waals surface area contributed by atoms with E-state index in [0.717, 1.165) is 54.4 Å². The van der Waals surface area contributed by atoms with Crippen LogP contribution >= 0.6 is 23.2 Å². The van der Waals surface area contributed by atoms with E-state index < -0.39 is 0 Å². The molecule has 2 aromatic carbocycles. The van der Waals surface area contributed by atoms with Crippen LogP contribution in [0.5, 0.6) is 0 Å². The summed E-state index contributed by atoms with van der Waals surface area (Å²) in [5, 5.41) is 3.15. The Morgan fingerprint density at radius 3 is 2.48 bits per heavy atom. The summed E-state index contributed by atoms with van der Waals surface area (Å²) >= 11 is 12.7. The fourth-order valence-electron chi connectivity index (χ4n) is 3.72. The third-order valence-electron chi connectivity index (χ3n) is 5.22. The zero-order valence-electron chi connectivity index (χ0n) is 15.0. The Labute approximate surface area is 169 Å². The standard InChI is InChI=1S/C21H22Cl2N4/c22-15-3-1-14(2-4-15)18-11-26-21(25)20-17(18)9-13(10-19(20)23)12-27-7-5-16(24)6-8-27/h1-4,9-11,16H,5-8,12,24H2,(H2,25,26). The number of nitrogens with zero attached hydrogens (tertiary/aromatic N) is 2. The van der Waals surface area contributed by atoms with Crippen molar-refractivity contribution in [2.75, 3.05) is 18.8 Å². The molecule has 1 aliphatic rings. The van der Waals surface area contributed by atoms with Crippen molar-refractivity contribution < 1.29 is 0 Å². The molecular formula is C21H22Cl2N4. The van der Waals surface area contributed by atoms with Gasteiger partial charge in [0.2, 0.25) is 0 Å². The third kappa shape index (κ3) is 3.90. The van der Waals surface area contributed by atoms with Crippen LogP contribution in [0.3, 0.4) is 0 Å². The van der Waals surface area contributed by atoms with Crippen LogP contribution in [-0.4, -0.2) is 29.0 Å². The first-order valence-corrected chi connectivity index (χ1v) is 9.87. The molecule has 0 bridgehead atoms. The summed E-state index contributed by atoms with van der Waals surface area (Å²) in [6.07, 6.45) is 3.88. The molecule has 4 rings (SSSR count). The fourth-order valence-corrected chi connectivity index (χ4v) is 4.19. The molecule has 0 aliphatic carbocycles. The number of hydrogen-bond acceptors (Lipinski definition) is 4. The van der Waals surface area contributed by atoms with Gasteiger partial charge in [0.1, 0.15) is 5.82 Å². The molecule has 1 aromatic heterocycles. The molecule has 0 spiro atoms. The van der Waals surface area contributed by atoms with Crippen LogP contribution < -0.4 is 11.5 Å². The maximum atomic E-state index is 6.61. The first-order valence-electron chi connectivity index (χ1n) is 9.12. The van der Waals surface area contributed by atoms with Gasteiger partial charge in [-0.1, -0.05) is 35.3 Å². The summed E-state index contributed by atoms with van der Waals surface area (Å²) in [6.45, 7) is 2.88. The normalized spacial score (nSPS) is 16.1. The number of likely N-dealkylation sites (tertiary alicyclic amines) is 1. The van der Waals surface area contributed by atoms with E-state index in [9.17, 15) is 0 Å². The topological polar surface area (TPSA) is 68.2 Å². The van der Waals surface area contributed by atoms with E-state index >= 15 is 0 Å². The lowest BCUT2D eigenvalue weighted by molar-refractivity contribution is 0.206. The summed E-state index contributed by atoms with van der Waals surface area (Å²) in [5.41, 5.74) is 15.4. The third-order valence-corrected chi connectivity index (χ3v) is 5.77. The second-order valence-corrected chi connectivity index (χ2v) is 8.02. The van der Waals surface area contributed by atoms with Gasteiger partial charge in [0.15, 0.2) is 0 Å². The van der Waals surface area contributed by atoms with Crippen molar-refractivity contribution in [1.82, 2.24) is 9.88 Å². The number of hydrogen-bond donors (Lipinski definition) is 2.